The topological polar surface area (TPSA) is 94.9 Å². The van der Waals surface area contributed by atoms with Gasteiger partial charge in [0, 0.05) is 19.2 Å². The number of piperidine rings is 1. The Balaban J connectivity index is 1.95. The molecule has 6 nitrogen and oxygen atoms in total. The van der Waals surface area contributed by atoms with Crippen molar-refractivity contribution in [2.75, 3.05) is 13.1 Å². The van der Waals surface area contributed by atoms with Crippen LogP contribution in [0.2, 0.25) is 0 Å². The summed E-state index contributed by atoms with van der Waals surface area (Å²) in [6.07, 6.45) is 0.678. The van der Waals surface area contributed by atoms with Crippen molar-refractivity contribution in [1.82, 2.24) is 4.31 Å². The van der Waals surface area contributed by atoms with E-state index in [1.807, 2.05) is 0 Å². The molecule has 1 aromatic rings. The quantitative estimate of drug-likeness (QED) is 0.815. The highest BCUT2D eigenvalue weighted by molar-refractivity contribution is 7.89. The molecular weight excluding hydrogens is 356 g/mol. The maximum atomic E-state index is 13.4. The predicted molar refractivity (Wildman–Crippen MR) is 83.2 cm³/mol. The Bertz CT molecular complexity index is 775. The highest BCUT2D eigenvalue weighted by atomic mass is 32.2. The normalized spacial score (nSPS) is 28.0. The van der Waals surface area contributed by atoms with Gasteiger partial charge in [-0.05, 0) is 30.9 Å². The number of hydrogen-bond acceptors (Lipinski definition) is 4. The summed E-state index contributed by atoms with van der Waals surface area (Å²) >= 11 is 0. The molecule has 2 fully saturated rings. The van der Waals surface area contributed by atoms with Gasteiger partial charge in [-0.25, -0.2) is 17.2 Å². The monoisotopic (exact) mass is 375 g/mol. The molecule has 9 heteroatoms. The number of carboxylic acids is 1. The van der Waals surface area contributed by atoms with E-state index >= 15 is 0 Å². The van der Waals surface area contributed by atoms with Crippen molar-refractivity contribution in [1.29, 1.82) is 0 Å². The van der Waals surface area contributed by atoms with Gasteiger partial charge >= 0.3 is 5.97 Å². The summed E-state index contributed by atoms with van der Waals surface area (Å²) in [5, 5.41) is 20.0. The van der Waals surface area contributed by atoms with Crippen LogP contribution in [0.15, 0.2) is 23.1 Å². The molecule has 0 unspecified atom stereocenters. The summed E-state index contributed by atoms with van der Waals surface area (Å²) in [5.74, 6) is -3.16. The fourth-order valence-corrected chi connectivity index (χ4v) is 4.98. The summed E-state index contributed by atoms with van der Waals surface area (Å²) in [5.41, 5.74) is -1.60. The van der Waals surface area contributed by atoms with Crippen LogP contribution in [0.4, 0.5) is 8.78 Å². The molecule has 0 radical (unpaired) electrons. The zero-order valence-corrected chi connectivity index (χ0v) is 14.2. The van der Waals surface area contributed by atoms with Gasteiger partial charge in [-0.3, -0.25) is 4.79 Å². The molecule has 3 rings (SSSR count). The van der Waals surface area contributed by atoms with Gasteiger partial charge in [0.2, 0.25) is 10.0 Å². The number of halogens is 2. The second-order valence-electron chi connectivity index (χ2n) is 6.86. The number of rotatable bonds is 5. The molecule has 2 N–H and O–H groups in total. The molecule has 1 heterocycles. The van der Waals surface area contributed by atoms with E-state index in [1.165, 1.54) is 0 Å². The van der Waals surface area contributed by atoms with Gasteiger partial charge in [0.05, 0.1) is 11.0 Å². The summed E-state index contributed by atoms with van der Waals surface area (Å²) in [7, 11) is -4.27. The van der Waals surface area contributed by atoms with E-state index < -0.39 is 50.6 Å². The van der Waals surface area contributed by atoms with Crippen molar-refractivity contribution in [3.8, 4) is 0 Å². The number of aliphatic hydroxyl groups excluding tert-OH is 1. The summed E-state index contributed by atoms with van der Waals surface area (Å²) in [6, 6.07) is 1.97. The maximum Gasteiger partial charge on any atom is 0.313 e. The minimum Gasteiger partial charge on any atom is -0.481 e. The van der Waals surface area contributed by atoms with Gasteiger partial charge in [0.15, 0.2) is 0 Å². The largest absolute Gasteiger partial charge is 0.481 e. The SMILES string of the molecule is O=C(O)[C@@]1(CC2CC2)CN(S(=O)(=O)c2cc(F)cc(F)c2)CC[C@H]1O. The standard InChI is InChI=1S/C16H19F2NO5S/c17-11-5-12(18)7-13(6-11)25(23,24)19-4-3-14(20)16(9-19,15(21)22)8-10-1-2-10/h5-7,10,14,20H,1-4,8-9H2,(H,21,22)/t14-,16+/m1/s1. The molecule has 1 aliphatic carbocycles. The molecule has 1 saturated heterocycles. The van der Waals surface area contributed by atoms with E-state index in [-0.39, 0.29) is 25.3 Å². The first kappa shape index (κ1) is 18.2. The van der Waals surface area contributed by atoms with Crippen LogP contribution in [-0.2, 0) is 14.8 Å². The average Bonchev–Trinajstić information content (AvgIpc) is 3.32. The highest BCUT2D eigenvalue weighted by Gasteiger charge is 2.53. The number of benzene rings is 1. The summed E-state index contributed by atoms with van der Waals surface area (Å²) < 4.78 is 53.1. The van der Waals surface area contributed by atoms with Crippen LogP contribution in [0.3, 0.4) is 0 Å². The molecule has 2 aliphatic rings. The molecule has 138 valence electrons. The van der Waals surface area contributed by atoms with E-state index in [0.29, 0.717) is 18.2 Å². The van der Waals surface area contributed by atoms with Gasteiger partial charge in [0.25, 0.3) is 0 Å². The van der Waals surface area contributed by atoms with Crippen molar-refractivity contribution in [3.63, 3.8) is 0 Å². The number of carboxylic acid groups (broad SMARTS) is 1. The number of sulfonamides is 1. The van der Waals surface area contributed by atoms with Crippen LogP contribution in [0.1, 0.15) is 25.7 Å². The second kappa shape index (κ2) is 6.30. The Hall–Kier alpha value is -1.58. The van der Waals surface area contributed by atoms with Crippen LogP contribution < -0.4 is 0 Å². The molecule has 0 amide bonds. The van der Waals surface area contributed by atoms with Crippen molar-refractivity contribution in [2.24, 2.45) is 11.3 Å². The lowest BCUT2D eigenvalue weighted by atomic mass is 9.74. The highest BCUT2D eigenvalue weighted by Crippen LogP contribution is 2.45. The minimum absolute atomic E-state index is 0.0456. The smallest absolute Gasteiger partial charge is 0.313 e. The van der Waals surface area contributed by atoms with Gasteiger partial charge in [-0.15, -0.1) is 0 Å². The van der Waals surface area contributed by atoms with Crippen LogP contribution in [-0.4, -0.2) is 48.1 Å². The Morgan fingerprint density at radius 3 is 2.32 bits per heavy atom. The molecule has 1 aromatic carbocycles. The molecule has 0 aromatic heterocycles. The van der Waals surface area contributed by atoms with Crippen LogP contribution >= 0.6 is 0 Å². The van der Waals surface area contributed by atoms with E-state index in [9.17, 15) is 32.2 Å². The van der Waals surface area contributed by atoms with Crippen molar-refractivity contribution < 1.29 is 32.2 Å². The Labute approximate surface area is 144 Å². The lowest BCUT2D eigenvalue weighted by Gasteiger charge is -2.42. The minimum atomic E-state index is -4.27. The summed E-state index contributed by atoms with van der Waals surface area (Å²) in [6.45, 7) is -0.526. The molecule has 0 spiro atoms. The summed E-state index contributed by atoms with van der Waals surface area (Å²) in [4.78, 5) is 11.3. The van der Waals surface area contributed by atoms with Gasteiger partial charge in [0.1, 0.15) is 17.0 Å². The van der Waals surface area contributed by atoms with Crippen LogP contribution in [0.25, 0.3) is 0 Å². The van der Waals surface area contributed by atoms with Crippen LogP contribution in [0.5, 0.6) is 0 Å². The molecule has 0 bridgehead atoms. The Morgan fingerprint density at radius 1 is 1.20 bits per heavy atom. The van der Waals surface area contributed by atoms with Gasteiger partial charge in [-0.2, -0.15) is 4.31 Å². The predicted octanol–water partition coefficient (Wildman–Crippen LogP) is 1.59. The molecular formula is C16H19F2NO5S. The third-order valence-electron chi connectivity index (χ3n) is 5.00. The number of nitrogens with zero attached hydrogens (tertiary/aromatic N) is 1. The van der Waals surface area contributed by atoms with E-state index in [0.717, 1.165) is 17.1 Å². The van der Waals surface area contributed by atoms with E-state index in [2.05, 4.69) is 0 Å². The van der Waals surface area contributed by atoms with Crippen molar-refractivity contribution >= 4 is 16.0 Å². The molecule has 1 saturated carbocycles. The van der Waals surface area contributed by atoms with E-state index in [4.69, 9.17) is 0 Å². The van der Waals surface area contributed by atoms with Gasteiger partial charge < -0.3 is 10.2 Å². The lowest BCUT2D eigenvalue weighted by Crippen LogP contribution is -2.57. The number of aliphatic carboxylic acids is 1. The van der Waals surface area contributed by atoms with Crippen molar-refractivity contribution in [2.45, 2.75) is 36.7 Å². The molecule has 1 aliphatic heterocycles. The third kappa shape index (κ3) is 3.40. The number of hydrogen-bond donors (Lipinski definition) is 2. The first-order valence-electron chi connectivity index (χ1n) is 8.03. The zero-order chi connectivity index (χ0) is 18.4. The zero-order valence-electron chi connectivity index (χ0n) is 13.4. The van der Waals surface area contributed by atoms with E-state index in [1.54, 1.807) is 0 Å². The first-order chi connectivity index (χ1) is 11.6. The number of aliphatic hydroxyl groups is 1. The van der Waals surface area contributed by atoms with Gasteiger partial charge in [-0.1, -0.05) is 12.8 Å². The molecule has 25 heavy (non-hydrogen) atoms. The third-order valence-corrected chi connectivity index (χ3v) is 6.82. The maximum absolute atomic E-state index is 13.4. The fraction of sp³-hybridized carbons (Fsp3) is 0.562. The van der Waals surface area contributed by atoms with Crippen molar-refractivity contribution in [3.05, 3.63) is 29.8 Å². The lowest BCUT2D eigenvalue weighted by molar-refractivity contribution is -0.162. The first-order valence-corrected chi connectivity index (χ1v) is 9.47. The van der Waals surface area contributed by atoms with Crippen LogP contribution in [0, 0.1) is 23.0 Å². The number of carbonyl (C=O) groups is 1. The molecule has 2 atom stereocenters. The second-order valence-corrected chi connectivity index (χ2v) is 8.79. The fourth-order valence-electron chi connectivity index (χ4n) is 3.41. The Morgan fingerprint density at radius 2 is 1.80 bits per heavy atom. The average molecular weight is 375 g/mol. The Kier molecular flexibility index (Phi) is 4.59.